The van der Waals surface area contributed by atoms with Crippen LogP contribution in [0.25, 0.3) is 11.3 Å². The van der Waals surface area contributed by atoms with Crippen LogP contribution in [-0.2, 0) is 24.3 Å². The fourth-order valence-electron chi connectivity index (χ4n) is 4.15. The molecule has 2 aromatic heterocycles. The fraction of sp³-hybridized carbons (Fsp3) is 0.458. The molecular weight excluding hydrogens is 390 g/mol. The van der Waals surface area contributed by atoms with Gasteiger partial charge in [-0.05, 0) is 23.6 Å². The van der Waals surface area contributed by atoms with Gasteiger partial charge in [0.2, 0.25) is 5.91 Å². The van der Waals surface area contributed by atoms with Crippen LogP contribution in [-0.4, -0.2) is 38.7 Å². The van der Waals surface area contributed by atoms with Gasteiger partial charge >= 0.3 is 0 Å². The lowest BCUT2D eigenvalue weighted by Crippen LogP contribution is -2.34. The van der Waals surface area contributed by atoms with Gasteiger partial charge in [0.1, 0.15) is 11.6 Å². The summed E-state index contributed by atoms with van der Waals surface area (Å²) in [5, 5.41) is 12.1. The number of fused-ring (bicyclic) bond motifs is 1. The Balaban J connectivity index is 1.50. The number of nitrogens with one attached hydrogen (secondary N) is 1. The van der Waals surface area contributed by atoms with Crippen LogP contribution in [0.5, 0.6) is 0 Å². The Hall–Kier alpha value is -2.93. The molecular formula is C24H31N5O2. The first-order chi connectivity index (χ1) is 15.1. The molecule has 31 heavy (non-hydrogen) atoms. The summed E-state index contributed by atoms with van der Waals surface area (Å²) in [5.41, 5.74) is 2.39. The van der Waals surface area contributed by atoms with E-state index < -0.39 is 0 Å². The zero-order valence-electron chi connectivity index (χ0n) is 18.5. The topological polar surface area (TPSA) is 76.2 Å². The quantitative estimate of drug-likeness (QED) is 0.628. The van der Waals surface area contributed by atoms with E-state index in [4.69, 9.17) is 4.42 Å². The van der Waals surface area contributed by atoms with Crippen molar-refractivity contribution in [3.63, 3.8) is 0 Å². The average molecular weight is 422 g/mol. The molecule has 3 heterocycles. The van der Waals surface area contributed by atoms with Gasteiger partial charge in [-0.25, -0.2) is 0 Å². The van der Waals surface area contributed by atoms with E-state index in [1.165, 1.54) is 5.56 Å². The summed E-state index contributed by atoms with van der Waals surface area (Å²) in [6, 6.07) is 12.2. The van der Waals surface area contributed by atoms with Crippen LogP contribution < -0.4 is 5.32 Å². The number of amides is 1. The Morgan fingerprint density at radius 3 is 2.71 bits per heavy atom. The van der Waals surface area contributed by atoms with Gasteiger partial charge in [-0.3, -0.25) is 9.69 Å². The Kier molecular flexibility index (Phi) is 6.51. The van der Waals surface area contributed by atoms with Crippen molar-refractivity contribution >= 4 is 5.91 Å². The van der Waals surface area contributed by atoms with Crippen molar-refractivity contribution in [3.05, 3.63) is 59.9 Å². The Labute approximate surface area is 183 Å². The number of furan rings is 1. The maximum Gasteiger partial charge on any atom is 0.220 e. The summed E-state index contributed by atoms with van der Waals surface area (Å²) >= 11 is 0. The van der Waals surface area contributed by atoms with Gasteiger partial charge in [-0.15, -0.1) is 10.2 Å². The van der Waals surface area contributed by atoms with E-state index in [1.54, 1.807) is 6.26 Å². The summed E-state index contributed by atoms with van der Waals surface area (Å²) in [6.07, 6.45) is 3.02. The molecule has 1 atom stereocenters. The fourth-order valence-corrected chi connectivity index (χ4v) is 4.15. The molecule has 164 valence electrons. The van der Waals surface area contributed by atoms with Crippen LogP contribution in [0.2, 0.25) is 0 Å². The minimum absolute atomic E-state index is 0.0424. The number of hydrogen-bond donors (Lipinski definition) is 1. The van der Waals surface area contributed by atoms with E-state index in [9.17, 15) is 4.79 Å². The van der Waals surface area contributed by atoms with Crippen molar-refractivity contribution < 1.29 is 9.21 Å². The van der Waals surface area contributed by atoms with Crippen LogP contribution in [0.4, 0.5) is 0 Å². The number of aromatic nitrogens is 3. The number of carbonyl (C=O) groups is 1. The van der Waals surface area contributed by atoms with E-state index in [-0.39, 0.29) is 17.9 Å². The zero-order valence-corrected chi connectivity index (χ0v) is 18.5. The molecule has 0 saturated heterocycles. The molecule has 0 spiro atoms. The third-order valence-electron chi connectivity index (χ3n) is 5.93. The summed E-state index contributed by atoms with van der Waals surface area (Å²) in [7, 11) is 0. The molecule has 0 fully saturated rings. The van der Waals surface area contributed by atoms with Crippen LogP contribution in [0.3, 0.4) is 0 Å². The molecule has 4 rings (SSSR count). The first-order valence-electron chi connectivity index (χ1n) is 11.1. The average Bonchev–Trinajstić information content (AvgIpc) is 3.40. The summed E-state index contributed by atoms with van der Waals surface area (Å²) in [5.74, 6) is 3.04. The molecule has 3 aromatic rings. The molecule has 1 N–H and O–H groups in total. The maximum absolute atomic E-state index is 12.1. The second-order valence-electron chi connectivity index (χ2n) is 8.43. The van der Waals surface area contributed by atoms with Gasteiger partial charge in [0.15, 0.2) is 5.82 Å². The second-order valence-corrected chi connectivity index (χ2v) is 8.43. The van der Waals surface area contributed by atoms with E-state index >= 15 is 0 Å². The van der Waals surface area contributed by atoms with E-state index in [1.807, 2.05) is 25.1 Å². The highest BCUT2D eigenvalue weighted by Gasteiger charge is 2.27. The standard InChI is InChI=1S/C24H31N5O2/c1-4-22(30)25-23(17(2)3)24-27-26-21-11-12-28(13-14-29(21)24)16-18-8-5-6-9-19(18)20-10-7-15-31-20/h5-10,15,17,23H,4,11-14,16H2,1-3H3,(H,25,30). The highest BCUT2D eigenvalue weighted by Crippen LogP contribution is 2.26. The van der Waals surface area contributed by atoms with Gasteiger partial charge < -0.3 is 14.3 Å². The normalized spacial score (nSPS) is 15.5. The molecule has 7 nitrogen and oxygen atoms in total. The summed E-state index contributed by atoms with van der Waals surface area (Å²) in [4.78, 5) is 14.5. The molecule has 1 aliphatic heterocycles. The third kappa shape index (κ3) is 4.71. The number of carbonyl (C=O) groups excluding carboxylic acids is 1. The summed E-state index contributed by atoms with van der Waals surface area (Å²) in [6.45, 7) is 9.56. The SMILES string of the molecule is CCC(=O)NC(c1nnc2n1CCN(Cc1ccccc1-c1ccco1)CC2)C(C)C. The van der Waals surface area contributed by atoms with Crippen molar-refractivity contribution in [1.82, 2.24) is 25.0 Å². The molecule has 0 bridgehead atoms. The molecule has 1 amide bonds. The van der Waals surface area contributed by atoms with Crippen molar-refractivity contribution in [2.24, 2.45) is 5.92 Å². The van der Waals surface area contributed by atoms with Crippen LogP contribution in [0.1, 0.15) is 50.4 Å². The van der Waals surface area contributed by atoms with Gasteiger partial charge in [0, 0.05) is 44.6 Å². The molecule has 1 unspecified atom stereocenters. The molecule has 0 radical (unpaired) electrons. The Morgan fingerprint density at radius 2 is 1.97 bits per heavy atom. The predicted molar refractivity (Wildman–Crippen MR) is 119 cm³/mol. The van der Waals surface area contributed by atoms with Crippen molar-refractivity contribution in [1.29, 1.82) is 0 Å². The number of nitrogens with zero attached hydrogens (tertiary/aromatic N) is 4. The number of hydrogen-bond acceptors (Lipinski definition) is 5. The van der Waals surface area contributed by atoms with Gasteiger partial charge in [-0.2, -0.15) is 0 Å². The highest BCUT2D eigenvalue weighted by molar-refractivity contribution is 5.75. The van der Waals surface area contributed by atoms with Crippen molar-refractivity contribution in [2.45, 2.75) is 52.7 Å². The largest absolute Gasteiger partial charge is 0.464 e. The number of rotatable bonds is 7. The van der Waals surface area contributed by atoms with Crippen molar-refractivity contribution in [2.75, 3.05) is 13.1 Å². The van der Waals surface area contributed by atoms with Crippen molar-refractivity contribution in [3.8, 4) is 11.3 Å². The van der Waals surface area contributed by atoms with Gasteiger partial charge in [-0.1, -0.05) is 45.0 Å². The molecule has 0 saturated carbocycles. The van der Waals surface area contributed by atoms with E-state index in [2.05, 4.69) is 57.0 Å². The highest BCUT2D eigenvalue weighted by atomic mass is 16.3. The van der Waals surface area contributed by atoms with Crippen LogP contribution in [0.15, 0.2) is 47.1 Å². The lowest BCUT2D eigenvalue weighted by molar-refractivity contribution is -0.121. The molecule has 1 aliphatic rings. The van der Waals surface area contributed by atoms with Gasteiger partial charge in [0.05, 0.1) is 12.3 Å². The maximum atomic E-state index is 12.1. The Morgan fingerprint density at radius 1 is 1.13 bits per heavy atom. The van der Waals surface area contributed by atoms with Crippen LogP contribution >= 0.6 is 0 Å². The molecule has 0 aliphatic carbocycles. The molecule has 1 aromatic carbocycles. The monoisotopic (exact) mass is 421 g/mol. The van der Waals surface area contributed by atoms with Gasteiger partial charge in [0.25, 0.3) is 0 Å². The van der Waals surface area contributed by atoms with Crippen LogP contribution in [0, 0.1) is 5.92 Å². The minimum Gasteiger partial charge on any atom is -0.464 e. The van der Waals surface area contributed by atoms with E-state index in [0.29, 0.717) is 6.42 Å². The first-order valence-corrected chi connectivity index (χ1v) is 11.1. The molecule has 7 heteroatoms. The first kappa shape index (κ1) is 21.3. The summed E-state index contributed by atoms with van der Waals surface area (Å²) < 4.78 is 7.85. The lowest BCUT2D eigenvalue weighted by Gasteiger charge is -2.23. The minimum atomic E-state index is -0.125. The number of benzene rings is 1. The third-order valence-corrected chi connectivity index (χ3v) is 5.93. The Bertz CT molecular complexity index is 1010. The van der Waals surface area contributed by atoms with E-state index in [0.717, 1.165) is 55.6 Å². The predicted octanol–water partition coefficient (Wildman–Crippen LogP) is 3.82. The smallest absolute Gasteiger partial charge is 0.220 e. The lowest BCUT2D eigenvalue weighted by atomic mass is 10.0. The second kappa shape index (κ2) is 9.47. The zero-order chi connectivity index (χ0) is 21.8.